The number of benzene rings is 2. The number of hydrogen-bond acceptors (Lipinski definition) is 4. The third kappa shape index (κ3) is 2.88. The fourth-order valence-electron chi connectivity index (χ4n) is 2.23. The maximum atomic E-state index is 11.9. The van der Waals surface area contributed by atoms with Crippen LogP contribution in [0.25, 0.3) is 11.4 Å². The van der Waals surface area contributed by atoms with Crippen molar-refractivity contribution >= 4 is 0 Å². The number of H-pyrrole nitrogens is 1. The molecule has 1 N–H and O–H groups in total. The predicted octanol–water partition coefficient (Wildman–Crippen LogP) is 2.43. The number of aromatic nitrogens is 3. The van der Waals surface area contributed by atoms with Crippen molar-refractivity contribution in [3.05, 3.63) is 76.2 Å². The zero-order valence-electron chi connectivity index (χ0n) is 12.1. The fourth-order valence-corrected chi connectivity index (χ4v) is 2.23. The topological polar surface area (TPSA) is 67.9 Å². The largest absolute Gasteiger partial charge is 0.496 e. The highest BCUT2D eigenvalue weighted by Gasteiger charge is 2.11. The van der Waals surface area contributed by atoms with Crippen LogP contribution in [0.4, 0.5) is 0 Å². The highest BCUT2D eigenvalue weighted by molar-refractivity contribution is 5.63. The van der Waals surface area contributed by atoms with Gasteiger partial charge in [-0.05, 0) is 17.7 Å². The molecule has 110 valence electrons. The van der Waals surface area contributed by atoms with Crippen LogP contribution < -0.4 is 10.3 Å². The molecule has 5 nitrogen and oxygen atoms in total. The molecule has 3 aromatic rings. The average Bonchev–Trinajstić information content (AvgIpc) is 2.58. The molecule has 0 spiro atoms. The van der Waals surface area contributed by atoms with Crippen LogP contribution in [0, 0.1) is 0 Å². The molecular formula is C17H15N3O2. The summed E-state index contributed by atoms with van der Waals surface area (Å²) in [5.41, 5.74) is 1.93. The van der Waals surface area contributed by atoms with Gasteiger partial charge in [0, 0.05) is 6.42 Å². The van der Waals surface area contributed by atoms with E-state index in [-0.39, 0.29) is 5.56 Å². The number of rotatable bonds is 4. The summed E-state index contributed by atoms with van der Waals surface area (Å²) < 4.78 is 5.32. The second kappa shape index (κ2) is 6.22. The SMILES string of the molecule is COc1ccccc1-c1n[nH]c(=O)c(Cc2ccccc2)n1. The predicted molar refractivity (Wildman–Crippen MR) is 83.9 cm³/mol. The Labute approximate surface area is 127 Å². The summed E-state index contributed by atoms with van der Waals surface area (Å²) in [6, 6.07) is 17.2. The summed E-state index contributed by atoms with van der Waals surface area (Å²) in [6.45, 7) is 0. The molecule has 22 heavy (non-hydrogen) atoms. The first-order valence-electron chi connectivity index (χ1n) is 6.91. The molecule has 0 bridgehead atoms. The van der Waals surface area contributed by atoms with Crippen LogP contribution in [-0.2, 0) is 6.42 Å². The summed E-state index contributed by atoms with van der Waals surface area (Å²) in [6.07, 6.45) is 0.459. The number of ether oxygens (including phenoxy) is 1. The van der Waals surface area contributed by atoms with Crippen molar-refractivity contribution in [2.24, 2.45) is 0 Å². The van der Waals surface area contributed by atoms with Gasteiger partial charge in [-0.15, -0.1) is 0 Å². The molecule has 5 heteroatoms. The number of methoxy groups -OCH3 is 1. The molecule has 1 aromatic heterocycles. The molecular weight excluding hydrogens is 278 g/mol. The number of para-hydroxylation sites is 1. The van der Waals surface area contributed by atoms with Gasteiger partial charge in [-0.1, -0.05) is 42.5 Å². The van der Waals surface area contributed by atoms with E-state index >= 15 is 0 Å². The highest BCUT2D eigenvalue weighted by Crippen LogP contribution is 2.25. The van der Waals surface area contributed by atoms with Crippen molar-refractivity contribution in [1.82, 2.24) is 15.2 Å². The van der Waals surface area contributed by atoms with Gasteiger partial charge in [0.2, 0.25) is 0 Å². The minimum Gasteiger partial charge on any atom is -0.496 e. The highest BCUT2D eigenvalue weighted by atomic mass is 16.5. The lowest BCUT2D eigenvalue weighted by molar-refractivity contribution is 0.416. The van der Waals surface area contributed by atoms with Gasteiger partial charge in [0.1, 0.15) is 11.4 Å². The number of nitrogens with one attached hydrogen (secondary N) is 1. The van der Waals surface area contributed by atoms with Crippen molar-refractivity contribution < 1.29 is 4.74 Å². The van der Waals surface area contributed by atoms with Crippen LogP contribution in [0.5, 0.6) is 5.75 Å². The minimum absolute atomic E-state index is 0.275. The van der Waals surface area contributed by atoms with Crippen molar-refractivity contribution in [2.45, 2.75) is 6.42 Å². The number of hydrogen-bond donors (Lipinski definition) is 1. The summed E-state index contributed by atoms with van der Waals surface area (Å²) >= 11 is 0. The monoisotopic (exact) mass is 293 g/mol. The molecule has 0 aliphatic rings. The fraction of sp³-hybridized carbons (Fsp3) is 0.118. The molecule has 0 atom stereocenters. The van der Waals surface area contributed by atoms with Gasteiger partial charge < -0.3 is 4.74 Å². The second-order valence-electron chi connectivity index (χ2n) is 4.80. The first kappa shape index (κ1) is 14.0. The molecule has 1 heterocycles. The first-order chi connectivity index (χ1) is 10.8. The third-order valence-corrected chi connectivity index (χ3v) is 3.33. The zero-order valence-corrected chi connectivity index (χ0v) is 12.1. The smallest absolute Gasteiger partial charge is 0.286 e. The first-order valence-corrected chi connectivity index (χ1v) is 6.91. The molecule has 0 saturated carbocycles. The average molecular weight is 293 g/mol. The Bertz CT molecular complexity index is 829. The lowest BCUT2D eigenvalue weighted by atomic mass is 10.1. The van der Waals surface area contributed by atoms with Gasteiger partial charge in [0.05, 0.1) is 12.7 Å². The molecule has 3 rings (SSSR count). The number of nitrogens with zero attached hydrogens (tertiary/aromatic N) is 2. The lowest BCUT2D eigenvalue weighted by Gasteiger charge is -2.07. The van der Waals surface area contributed by atoms with E-state index in [4.69, 9.17) is 4.74 Å². The van der Waals surface area contributed by atoms with Gasteiger partial charge in [-0.2, -0.15) is 5.10 Å². The van der Waals surface area contributed by atoms with Gasteiger partial charge >= 0.3 is 0 Å². The van der Waals surface area contributed by atoms with Crippen LogP contribution in [0.3, 0.4) is 0 Å². The van der Waals surface area contributed by atoms with Crippen LogP contribution in [-0.4, -0.2) is 22.3 Å². The normalized spacial score (nSPS) is 10.4. The van der Waals surface area contributed by atoms with E-state index in [0.29, 0.717) is 23.7 Å². The Kier molecular flexibility index (Phi) is 3.96. The van der Waals surface area contributed by atoms with Crippen LogP contribution in [0.15, 0.2) is 59.4 Å². The van der Waals surface area contributed by atoms with E-state index in [2.05, 4.69) is 15.2 Å². The van der Waals surface area contributed by atoms with Gasteiger partial charge in [0.15, 0.2) is 5.82 Å². The van der Waals surface area contributed by atoms with Crippen LogP contribution in [0.1, 0.15) is 11.3 Å². The molecule has 0 aliphatic carbocycles. The Morgan fingerprint density at radius 3 is 2.55 bits per heavy atom. The van der Waals surface area contributed by atoms with Crippen molar-refractivity contribution in [1.29, 1.82) is 0 Å². The summed E-state index contributed by atoms with van der Waals surface area (Å²) in [5, 5.41) is 6.55. The van der Waals surface area contributed by atoms with Gasteiger partial charge in [-0.25, -0.2) is 10.1 Å². The second-order valence-corrected chi connectivity index (χ2v) is 4.80. The molecule has 0 radical (unpaired) electrons. The van der Waals surface area contributed by atoms with Crippen molar-refractivity contribution in [3.63, 3.8) is 0 Å². The maximum Gasteiger partial charge on any atom is 0.286 e. The standard InChI is InChI=1S/C17H15N3O2/c1-22-15-10-6-5-9-13(15)16-18-14(17(21)20-19-16)11-12-7-3-2-4-8-12/h2-10H,11H2,1H3,(H,20,21). The Hall–Kier alpha value is -2.95. The molecule has 0 fully saturated rings. The quantitative estimate of drug-likeness (QED) is 0.802. The lowest BCUT2D eigenvalue weighted by Crippen LogP contribution is -2.18. The summed E-state index contributed by atoms with van der Waals surface area (Å²) in [7, 11) is 1.59. The van der Waals surface area contributed by atoms with Gasteiger partial charge in [-0.3, -0.25) is 4.79 Å². The minimum atomic E-state index is -0.275. The number of aromatic amines is 1. The van der Waals surface area contributed by atoms with Crippen LogP contribution in [0.2, 0.25) is 0 Å². The van der Waals surface area contributed by atoms with E-state index in [1.807, 2.05) is 54.6 Å². The van der Waals surface area contributed by atoms with E-state index in [0.717, 1.165) is 11.1 Å². The van der Waals surface area contributed by atoms with Crippen molar-refractivity contribution in [2.75, 3.05) is 7.11 Å². The molecule has 0 unspecified atom stereocenters. The molecule has 0 saturated heterocycles. The Morgan fingerprint density at radius 1 is 1.05 bits per heavy atom. The van der Waals surface area contributed by atoms with E-state index in [1.165, 1.54) is 0 Å². The molecule has 0 aliphatic heterocycles. The molecule has 2 aromatic carbocycles. The Morgan fingerprint density at radius 2 is 1.77 bits per heavy atom. The van der Waals surface area contributed by atoms with Gasteiger partial charge in [0.25, 0.3) is 5.56 Å². The third-order valence-electron chi connectivity index (χ3n) is 3.33. The molecule has 0 amide bonds. The summed E-state index contributed by atoms with van der Waals surface area (Å²) in [4.78, 5) is 16.4. The maximum absolute atomic E-state index is 11.9. The van der Waals surface area contributed by atoms with Crippen LogP contribution >= 0.6 is 0 Å². The van der Waals surface area contributed by atoms with E-state index in [9.17, 15) is 4.79 Å². The van der Waals surface area contributed by atoms with E-state index in [1.54, 1.807) is 7.11 Å². The zero-order chi connectivity index (χ0) is 15.4. The summed E-state index contributed by atoms with van der Waals surface area (Å²) in [5.74, 6) is 1.11. The van der Waals surface area contributed by atoms with Crippen molar-refractivity contribution in [3.8, 4) is 17.1 Å². The Balaban J connectivity index is 2.01. The van der Waals surface area contributed by atoms with E-state index < -0.39 is 0 Å².